The van der Waals surface area contributed by atoms with Crippen molar-refractivity contribution in [1.29, 1.82) is 0 Å². The predicted molar refractivity (Wildman–Crippen MR) is 97.6 cm³/mol. The Labute approximate surface area is 152 Å². The number of carbonyl (C=O) groups excluding carboxylic acids is 1. The molecule has 2 fully saturated rings. The highest BCUT2D eigenvalue weighted by Gasteiger charge is 2.49. The number of sulfone groups is 1. The molecule has 2 aliphatic carbocycles. The molecule has 2 aliphatic rings. The van der Waals surface area contributed by atoms with Crippen LogP contribution in [0.15, 0.2) is 41.6 Å². The number of nitrogens with zero attached hydrogens (tertiary/aromatic N) is 2. The molecule has 2 bridgehead atoms. The molecule has 0 saturated heterocycles. The quantitative estimate of drug-likeness (QED) is 0.845. The summed E-state index contributed by atoms with van der Waals surface area (Å²) in [6, 6.07) is 6.57. The van der Waals surface area contributed by atoms with Crippen LogP contribution in [0.25, 0.3) is 5.69 Å². The number of para-hydroxylation sites is 1. The Morgan fingerprint density at radius 1 is 1.27 bits per heavy atom. The molecule has 1 aromatic heterocycles. The Hall–Kier alpha value is -2.19. The molecule has 0 aliphatic heterocycles. The van der Waals surface area contributed by atoms with Gasteiger partial charge in [-0.1, -0.05) is 12.1 Å². The summed E-state index contributed by atoms with van der Waals surface area (Å²) in [4.78, 5) is 12.9. The van der Waals surface area contributed by atoms with Gasteiger partial charge >= 0.3 is 0 Å². The van der Waals surface area contributed by atoms with Crippen molar-refractivity contribution in [2.24, 2.45) is 23.5 Å². The average molecular weight is 374 g/mol. The molecule has 0 spiro atoms. The summed E-state index contributed by atoms with van der Waals surface area (Å²) >= 11 is 0. The lowest BCUT2D eigenvalue weighted by Gasteiger charge is -2.26. The molecule has 1 amide bonds. The van der Waals surface area contributed by atoms with Crippen molar-refractivity contribution in [3.63, 3.8) is 0 Å². The summed E-state index contributed by atoms with van der Waals surface area (Å²) < 4.78 is 25.4. The third kappa shape index (κ3) is 2.93. The molecule has 2 aromatic rings. The van der Waals surface area contributed by atoms with Gasteiger partial charge in [-0.15, -0.1) is 0 Å². The standard InChI is InChI=1S/C18H22N4O3S/c1-26(24,25)15-5-3-2-4-14(15)22-10-13(9-20-22)21-18(23)16-11-6-7-12(8-11)17(16)19/h2-5,9-12,16-17H,6-8,19H2,1H3,(H,21,23). The van der Waals surface area contributed by atoms with Crippen LogP contribution in [0.3, 0.4) is 0 Å². The summed E-state index contributed by atoms with van der Waals surface area (Å²) in [5, 5.41) is 7.11. The molecule has 4 unspecified atom stereocenters. The molecule has 1 aromatic carbocycles. The third-order valence-corrected chi connectivity index (χ3v) is 6.79. The van der Waals surface area contributed by atoms with E-state index in [1.807, 2.05) is 0 Å². The topological polar surface area (TPSA) is 107 Å². The van der Waals surface area contributed by atoms with Gasteiger partial charge in [0, 0.05) is 12.3 Å². The number of hydrogen-bond acceptors (Lipinski definition) is 5. The average Bonchev–Trinajstić information content (AvgIpc) is 3.30. The van der Waals surface area contributed by atoms with E-state index in [9.17, 15) is 13.2 Å². The van der Waals surface area contributed by atoms with Crippen LogP contribution in [-0.2, 0) is 14.6 Å². The van der Waals surface area contributed by atoms with Gasteiger partial charge in [-0.3, -0.25) is 4.79 Å². The second-order valence-corrected chi connectivity index (χ2v) is 9.32. The van der Waals surface area contributed by atoms with E-state index in [0.717, 1.165) is 25.5 Å². The highest BCUT2D eigenvalue weighted by molar-refractivity contribution is 7.90. The van der Waals surface area contributed by atoms with Crippen LogP contribution < -0.4 is 11.1 Å². The fraction of sp³-hybridized carbons (Fsp3) is 0.444. The van der Waals surface area contributed by atoms with Crippen LogP contribution in [0.5, 0.6) is 0 Å². The van der Waals surface area contributed by atoms with E-state index in [1.165, 1.54) is 10.9 Å². The summed E-state index contributed by atoms with van der Waals surface area (Å²) in [5.41, 5.74) is 7.22. The van der Waals surface area contributed by atoms with Crippen LogP contribution in [-0.4, -0.2) is 36.4 Å². The van der Waals surface area contributed by atoms with Gasteiger partial charge in [-0.05, 0) is 43.2 Å². The zero-order valence-electron chi connectivity index (χ0n) is 14.5. The first-order valence-electron chi connectivity index (χ1n) is 8.75. The second kappa shape index (κ2) is 6.21. The van der Waals surface area contributed by atoms with Crippen LogP contribution in [0, 0.1) is 17.8 Å². The lowest BCUT2D eigenvalue weighted by Crippen LogP contribution is -2.42. The predicted octanol–water partition coefficient (Wildman–Crippen LogP) is 1.59. The van der Waals surface area contributed by atoms with Gasteiger partial charge in [-0.2, -0.15) is 5.10 Å². The van der Waals surface area contributed by atoms with E-state index >= 15 is 0 Å². The Balaban J connectivity index is 1.55. The van der Waals surface area contributed by atoms with Crippen LogP contribution >= 0.6 is 0 Å². The summed E-state index contributed by atoms with van der Waals surface area (Å²) in [6.45, 7) is 0. The Bertz CT molecular complexity index is 951. The number of hydrogen-bond donors (Lipinski definition) is 2. The highest BCUT2D eigenvalue weighted by atomic mass is 32.2. The lowest BCUT2D eigenvalue weighted by molar-refractivity contribution is -0.121. The number of aromatic nitrogens is 2. The molecule has 4 rings (SSSR count). The van der Waals surface area contributed by atoms with Gasteiger partial charge in [0.25, 0.3) is 0 Å². The van der Waals surface area contributed by atoms with E-state index in [2.05, 4.69) is 10.4 Å². The molecule has 3 N–H and O–H groups in total. The molecule has 1 heterocycles. The molecule has 138 valence electrons. The number of amides is 1. The summed E-state index contributed by atoms with van der Waals surface area (Å²) in [7, 11) is -3.39. The highest BCUT2D eigenvalue weighted by Crippen LogP contribution is 2.47. The van der Waals surface area contributed by atoms with Crippen LogP contribution in [0.4, 0.5) is 5.69 Å². The molecule has 7 nitrogen and oxygen atoms in total. The third-order valence-electron chi connectivity index (χ3n) is 5.65. The van der Waals surface area contributed by atoms with Crippen molar-refractivity contribution >= 4 is 21.4 Å². The van der Waals surface area contributed by atoms with E-state index in [-0.39, 0.29) is 22.8 Å². The maximum atomic E-state index is 12.7. The first kappa shape index (κ1) is 17.2. The first-order valence-corrected chi connectivity index (χ1v) is 10.6. The Kier molecular flexibility index (Phi) is 4.11. The van der Waals surface area contributed by atoms with Crippen LogP contribution in [0.1, 0.15) is 19.3 Å². The van der Waals surface area contributed by atoms with Crippen molar-refractivity contribution in [1.82, 2.24) is 9.78 Å². The largest absolute Gasteiger partial charge is 0.327 e. The normalized spacial score (nSPS) is 27.6. The monoisotopic (exact) mass is 374 g/mol. The van der Waals surface area contributed by atoms with Gasteiger partial charge < -0.3 is 11.1 Å². The zero-order chi connectivity index (χ0) is 18.5. The number of nitrogens with two attached hydrogens (primary N) is 1. The van der Waals surface area contributed by atoms with Crippen molar-refractivity contribution in [3.05, 3.63) is 36.7 Å². The number of benzene rings is 1. The zero-order valence-corrected chi connectivity index (χ0v) is 15.3. The fourth-order valence-corrected chi connectivity index (χ4v) is 5.30. The molecule has 26 heavy (non-hydrogen) atoms. The van der Waals surface area contributed by atoms with E-state index < -0.39 is 9.84 Å². The van der Waals surface area contributed by atoms with Gasteiger partial charge in [0.1, 0.15) is 0 Å². The molecule has 2 saturated carbocycles. The maximum Gasteiger partial charge on any atom is 0.229 e. The molecule has 4 atom stereocenters. The van der Waals surface area contributed by atoms with Crippen molar-refractivity contribution in [2.75, 3.05) is 11.6 Å². The number of nitrogens with one attached hydrogen (secondary N) is 1. The molecular weight excluding hydrogens is 352 g/mol. The van der Waals surface area contributed by atoms with Crippen LogP contribution in [0.2, 0.25) is 0 Å². The van der Waals surface area contributed by atoms with Crippen molar-refractivity contribution < 1.29 is 13.2 Å². The minimum atomic E-state index is -3.39. The molecule has 0 radical (unpaired) electrons. The SMILES string of the molecule is CS(=O)(=O)c1ccccc1-n1cc(NC(=O)C2C3CCC(C3)C2N)cn1. The minimum Gasteiger partial charge on any atom is -0.327 e. The van der Waals surface area contributed by atoms with Crippen molar-refractivity contribution in [2.45, 2.75) is 30.2 Å². The van der Waals surface area contributed by atoms with Crippen molar-refractivity contribution in [3.8, 4) is 5.69 Å². The smallest absolute Gasteiger partial charge is 0.229 e. The number of anilines is 1. The minimum absolute atomic E-state index is 0.0688. The summed E-state index contributed by atoms with van der Waals surface area (Å²) in [5.74, 6) is 0.608. The summed E-state index contributed by atoms with van der Waals surface area (Å²) in [6.07, 6.45) is 7.54. The lowest BCUT2D eigenvalue weighted by atomic mass is 9.84. The number of rotatable bonds is 4. The maximum absolute atomic E-state index is 12.7. The van der Waals surface area contributed by atoms with Gasteiger partial charge in [-0.25, -0.2) is 13.1 Å². The van der Waals surface area contributed by atoms with E-state index in [1.54, 1.807) is 30.5 Å². The Morgan fingerprint density at radius 2 is 2.00 bits per heavy atom. The second-order valence-electron chi connectivity index (χ2n) is 7.34. The molecular formula is C18H22N4O3S. The fourth-order valence-electron chi connectivity index (χ4n) is 4.43. The van der Waals surface area contributed by atoms with E-state index in [0.29, 0.717) is 23.2 Å². The van der Waals surface area contributed by atoms with Gasteiger partial charge in [0.05, 0.1) is 34.6 Å². The Morgan fingerprint density at radius 3 is 2.69 bits per heavy atom. The molecule has 8 heteroatoms. The van der Waals surface area contributed by atoms with Gasteiger partial charge in [0.2, 0.25) is 5.91 Å². The first-order chi connectivity index (χ1) is 12.3. The van der Waals surface area contributed by atoms with Gasteiger partial charge in [0.15, 0.2) is 9.84 Å². The number of carbonyl (C=O) groups is 1. The van der Waals surface area contributed by atoms with E-state index in [4.69, 9.17) is 5.73 Å². The number of fused-ring (bicyclic) bond motifs is 2.